The van der Waals surface area contributed by atoms with Crippen molar-refractivity contribution in [3.05, 3.63) is 71.3 Å². The molecular formula is C21H23F3N2O. The van der Waals surface area contributed by atoms with Gasteiger partial charge in [0.25, 0.3) is 0 Å². The summed E-state index contributed by atoms with van der Waals surface area (Å²) >= 11 is 0. The van der Waals surface area contributed by atoms with E-state index in [1.165, 1.54) is 0 Å². The van der Waals surface area contributed by atoms with Gasteiger partial charge in [0.05, 0.1) is 0 Å². The van der Waals surface area contributed by atoms with Gasteiger partial charge in [0.2, 0.25) is 5.91 Å². The molecule has 3 nitrogen and oxygen atoms in total. The zero-order valence-electron chi connectivity index (χ0n) is 15.2. The van der Waals surface area contributed by atoms with Crippen molar-refractivity contribution >= 4 is 5.91 Å². The smallest absolute Gasteiger partial charge is 0.351 e. The Labute approximate surface area is 157 Å². The van der Waals surface area contributed by atoms with Gasteiger partial charge >= 0.3 is 6.18 Å². The predicted octanol–water partition coefficient (Wildman–Crippen LogP) is 4.07. The Morgan fingerprint density at radius 2 is 1.81 bits per heavy atom. The summed E-state index contributed by atoms with van der Waals surface area (Å²) in [5.74, 6) is -0.938. The first-order valence-electron chi connectivity index (χ1n) is 8.97. The molecule has 1 fully saturated rings. The molecule has 0 aromatic heterocycles. The lowest BCUT2D eigenvalue weighted by atomic mass is 9.85. The molecule has 0 bridgehead atoms. The van der Waals surface area contributed by atoms with E-state index in [9.17, 15) is 18.0 Å². The van der Waals surface area contributed by atoms with Gasteiger partial charge < -0.3 is 5.32 Å². The van der Waals surface area contributed by atoms with Crippen LogP contribution in [0.3, 0.4) is 0 Å². The van der Waals surface area contributed by atoms with Crippen LogP contribution in [0.15, 0.2) is 54.6 Å². The SMILES string of the molecule is Cc1cccc(CNC(=O)C2(C(F)(F)F)CCN(Cc3ccccc3)C2)c1. The number of halogens is 3. The van der Waals surface area contributed by atoms with Crippen LogP contribution in [-0.4, -0.2) is 30.1 Å². The molecule has 1 aliphatic heterocycles. The number of alkyl halides is 3. The largest absolute Gasteiger partial charge is 0.404 e. The number of aryl methyl sites for hydroxylation is 1. The molecule has 1 heterocycles. The normalized spacial score (nSPS) is 20.6. The summed E-state index contributed by atoms with van der Waals surface area (Å²) < 4.78 is 41.6. The average Bonchev–Trinajstić information content (AvgIpc) is 3.06. The molecule has 0 radical (unpaired) electrons. The molecule has 1 aliphatic rings. The van der Waals surface area contributed by atoms with Gasteiger partial charge in [-0.1, -0.05) is 60.2 Å². The average molecular weight is 376 g/mol. The van der Waals surface area contributed by atoms with Crippen LogP contribution < -0.4 is 5.32 Å². The number of hydrogen-bond acceptors (Lipinski definition) is 2. The lowest BCUT2D eigenvalue weighted by Gasteiger charge is -2.30. The molecule has 0 aliphatic carbocycles. The van der Waals surface area contributed by atoms with Gasteiger partial charge in [0, 0.05) is 19.6 Å². The molecule has 6 heteroatoms. The summed E-state index contributed by atoms with van der Waals surface area (Å²) in [6, 6.07) is 16.7. The van der Waals surface area contributed by atoms with Crippen molar-refractivity contribution in [3.8, 4) is 0 Å². The summed E-state index contributed by atoms with van der Waals surface area (Å²) in [6.45, 7) is 2.33. The first-order chi connectivity index (χ1) is 12.8. The zero-order valence-corrected chi connectivity index (χ0v) is 15.2. The topological polar surface area (TPSA) is 32.3 Å². The van der Waals surface area contributed by atoms with Crippen LogP contribution in [0, 0.1) is 12.3 Å². The fraction of sp³-hybridized carbons (Fsp3) is 0.381. The Kier molecular flexibility index (Phi) is 5.56. The molecule has 144 valence electrons. The molecule has 0 saturated carbocycles. The Hall–Kier alpha value is -2.34. The molecule has 2 aromatic carbocycles. The van der Waals surface area contributed by atoms with Crippen molar-refractivity contribution in [1.82, 2.24) is 10.2 Å². The van der Waals surface area contributed by atoms with Crippen LogP contribution in [0.2, 0.25) is 0 Å². The minimum atomic E-state index is -4.59. The molecule has 1 amide bonds. The number of hydrogen-bond donors (Lipinski definition) is 1. The summed E-state index contributed by atoms with van der Waals surface area (Å²) in [5, 5.41) is 2.51. The van der Waals surface area contributed by atoms with Crippen LogP contribution in [-0.2, 0) is 17.9 Å². The summed E-state index contributed by atoms with van der Waals surface area (Å²) in [7, 11) is 0. The number of likely N-dealkylation sites (tertiary alicyclic amines) is 1. The highest BCUT2D eigenvalue weighted by Crippen LogP contribution is 2.46. The van der Waals surface area contributed by atoms with Crippen LogP contribution in [0.25, 0.3) is 0 Å². The van der Waals surface area contributed by atoms with Crippen molar-refractivity contribution in [1.29, 1.82) is 0 Å². The van der Waals surface area contributed by atoms with E-state index in [-0.39, 0.29) is 26.1 Å². The van der Waals surface area contributed by atoms with Gasteiger partial charge in [-0.25, -0.2) is 0 Å². The van der Waals surface area contributed by atoms with E-state index in [2.05, 4.69) is 5.32 Å². The van der Waals surface area contributed by atoms with E-state index < -0.39 is 17.5 Å². The highest BCUT2D eigenvalue weighted by atomic mass is 19.4. The minimum Gasteiger partial charge on any atom is -0.351 e. The predicted molar refractivity (Wildman–Crippen MR) is 97.8 cm³/mol. The quantitative estimate of drug-likeness (QED) is 0.853. The lowest BCUT2D eigenvalue weighted by Crippen LogP contribution is -2.52. The van der Waals surface area contributed by atoms with Gasteiger partial charge in [0.15, 0.2) is 5.41 Å². The summed E-state index contributed by atoms with van der Waals surface area (Å²) in [5.41, 5.74) is 0.378. The van der Waals surface area contributed by atoms with Gasteiger partial charge in [-0.15, -0.1) is 0 Å². The Balaban J connectivity index is 1.71. The minimum absolute atomic E-state index is 0.0943. The molecular weight excluding hydrogens is 353 g/mol. The van der Waals surface area contributed by atoms with Crippen molar-refractivity contribution in [3.63, 3.8) is 0 Å². The summed E-state index contributed by atoms with van der Waals surface area (Å²) in [6.07, 6.45) is -4.81. The number of rotatable bonds is 5. The molecule has 2 aromatic rings. The van der Waals surface area contributed by atoms with Gasteiger partial charge in [-0.05, 0) is 31.0 Å². The first kappa shape index (κ1) is 19.4. The summed E-state index contributed by atoms with van der Waals surface area (Å²) in [4.78, 5) is 14.3. The maximum Gasteiger partial charge on any atom is 0.404 e. The molecule has 1 N–H and O–H groups in total. The van der Waals surface area contributed by atoms with Gasteiger partial charge in [0.1, 0.15) is 0 Å². The van der Waals surface area contributed by atoms with Crippen LogP contribution in [0.5, 0.6) is 0 Å². The fourth-order valence-corrected chi connectivity index (χ4v) is 3.58. The Bertz CT molecular complexity index is 792. The standard InChI is InChI=1S/C21H23F3N2O/c1-16-6-5-9-18(12-16)13-25-19(27)20(21(22,23)24)10-11-26(15-20)14-17-7-3-2-4-8-17/h2-9,12H,10-11,13-15H2,1H3,(H,25,27). The van der Waals surface area contributed by atoms with Crippen LogP contribution >= 0.6 is 0 Å². The molecule has 1 saturated heterocycles. The highest BCUT2D eigenvalue weighted by Gasteiger charge is 2.62. The van der Waals surface area contributed by atoms with Crippen molar-refractivity contribution in [2.45, 2.75) is 32.6 Å². The fourth-order valence-electron chi connectivity index (χ4n) is 3.58. The molecule has 1 unspecified atom stereocenters. The lowest BCUT2D eigenvalue weighted by molar-refractivity contribution is -0.218. The Morgan fingerprint density at radius 3 is 2.48 bits per heavy atom. The van der Waals surface area contributed by atoms with Crippen LogP contribution in [0.4, 0.5) is 13.2 Å². The van der Waals surface area contributed by atoms with E-state index in [0.29, 0.717) is 6.54 Å². The van der Waals surface area contributed by atoms with E-state index in [0.717, 1.165) is 16.7 Å². The number of nitrogens with one attached hydrogen (secondary N) is 1. The number of amides is 1. The van der Waals surface area contributed by atoms with E-state index in [4.69, 9.17) is 0 Å². The van der Waals surface area contributed by atoms with Gasteiger partial charge in [-0.2, -0.15) is 13.2 Å². The van der Waals surface area contributed by atoms with Gasteiger partial charge in [-0.3, -0.25) is 9.69 Å². The third-order valence-corrected chi connectivity index (χ3v) is 5.11. The van der Waals surface area contributed by atoms with E-state index >= 15 is 0 Å². The molecule has 3 rings (SSSR count). The first-order valence-corrected chi connectivity index (χ1v) is 8.97. The third kappa shape index (κ3) is 4.33. The maximum atomic E-state index is 13.9. The monoisotopic (exact) mass is 376 g/mol. The second kappa shape index (κ2) is 7.72. The highest BCUT2D eigenvalue weighted by molar-refractivity contribution is 5.84. The van der Waals surface area contributed by atoms with Crippen LogP contribution in [0.1, 0.15) is 23.1 Å². The number of carbonyl (C=O) groups is 1. The second-order valence-corrected chi connectivity index (χ2v) is 7.20. The van der Waals surface area contributed by atoms with Crippen molar-refractivity contribution < 1.29 is 18.0 Å². The van der Waals surface area contributed by atoms with E-state index in [1.54, 1.807) is 11.0 Å². The van der Waals surface area contributed by atoms with E-state index in [1.807, 2.05) is 55.5 Å². The zero-order chi connectivity index (χ0) is 19.5. The van der Waals surface area contributed by atoms with Crippen molar-refractivity contribution in [2.24, 2.45) is 5.41 Å². The number of carbonyl (C=O) groups excluding carboxylic acids is 1. The molecule has 27 heavy (non-hydrogen) atoms. The second-order valence-electron chi connectivity index (χ2n) is 7.20. The number of nitrogens with zero attached hydrogens (tertiary/aromatic N) is 1. The third-order valence-electron chi connectivity index (χ3n) is 5.11. The molecule has 0 spiro atoms. The molecule has 1 atom stereocenters. The number of benzene rings is 2. The Morgan fingerprint density at radius 1 is 1.11 bits per heavy atom. The maximum absolute atomic E-state index is 13.9. The van der Waals surface area contributed by atoms with Crippen molar-refractivity contribution in [2.75, 3.05) is 13.1 Å².